The van der Waals surface area contributed by atoms with Crippen LogP contribution in [-0.2, 0) is 42.1 Å². The maximum absolute atomic E-state index is 2.22. The molecule has 14 heavy (non-hydrogen) atoms. The van der Waals surface area contributed by atoms with Crippen molar-refractivity contribution in [3.05, 3.63) is 12.8 Å². The zero-order valence-electron chi connectivity index (χ0n) is 10.4. The van der Waals surface area contributed by atoms with Crippen molar-refractivity contribution in [3.8, 4) is 0 Å². The van der Waals surface area contributed by atoms with Crippen LogP contribution in [0.5, 0.6) is 0 Å². The zero-order chi connectivity index (χ0) is 9.98. The van der Waals surface area contributed by atoms with Gasteiger partial charge >= 0.3 is 0 Å². The third kappa shape index (κ3) is 37.7. The monoisotopic (exact) mass is 560 g/mol. The van der Waals surface area contributed by atoms with Crippen molar-refractivity contribution in [2.75, 3.05) is 0 Å². The third-order valence-corrected chi connectivity index (χ3v) is 1.41. The van der Waals surface area contributed by atoms with Gasteiger partial charge in [-0.1, -0.05) is 39.5 Å². The predicted octanol–water partition coefficient (Wildman–Crippen LogP) is 4.51. The molecule has 0 atom stereocenters. The van der Waals surface area contributed by atoms with E-state index < -0.39 is 0 Å². The van der Waals surface area contributed by atoms with Crippen molar-refractivity contribution in [3.63, 3.8) is 0 Å². The van der Waals surface area contributed by atoms with Gasteiger partial charge in [0.25, 0.3) is 0 Å². The first-order chi connectivity index (χ1) is 5.54. The minimum atomic E-state index is 0. The Morgan fingerprint density at radius 1 is 0.714 bits per heavy atom. The Bertz CT molecular complexity index is 60.7. The van der Waals surface area contributed by atoms with E-state index in [0.717, 1.165) is 11.8 Å². The fraction of sp³-hybridized carbons (Fsp3) is 0.833. The molecule has 0 rings (SSSR count). The van der Waals surface area contributed by atoms with Gasteiger partial charge in [-0.05, 0) is 0 Å². The zero-order valence-corrected chi connectivity index (χ0v) is 14.9. The summed E-state index contributed by atoms with van der Waals surface area (Å²) >= 11 is 0. The normalized spacial score (nSPS) is 8.57. The van der Waals surface area contributed by atoms with E-state index in [1.807, 2.05) is 0 Å². The van der Waals surface area contributed by atoms with Crippen LogP contribution in [0.25, 0.3) is 0 Å². The maximum Gasteiger partial charge on any atom is 0 e. The van der Waals surface area contributed by atoms with Gasteiger partial charge in [-0.2, -0.15) is 26.7 Å². The number of hydrogen-bond acceptors (Lipinski definition) is 0. The summed E-state index contributed by atoms with van der Waals surface area (Å²) in [6, 6.07) is 0. The van der Waals surface area contributed by atoms with Crippen LogP contribution in [0.2, 0.25) is 0 Å². The molecule has 0 saturated heterocycles. The Morgan fingerprint density at radius 3 is 0.929 bits per heavy atom. The van der Waals surface area contributed by atoms with Crippen LogP contribution in [0.4, 0.5) is 0 Å². The van der Waals surface area contributed by atoms with E-state index in [1.54, 1.807) is 0 Å². The second-order valence-electron chi connectivity index (χ2n) is 4.08. The Kier molecular flexibility index (Phi) is 34.9. The summed E-state index contributed by atoms with van der Waals surface area (Å²) in [6.07, 6.45) is 6.90. The summed E-state index contributed by atoms with van der Waals surface area (Å²) in [4.78, 5) is 0. The second kappa shape index (κ2) is 19.9. The van der Waals surface area contributed by atoms with E-state index in [9.17, 15) is 0 Å². The minimum absolute atomic E-state index is 0. The standard InChI is InChI=1S/2C6H13.2Pt/c2*1-4-5-6(2)3;;/h2*4,6H,5H2,1-3H3;;/q2*-1;;. The summed E-state index contributed by atoms with van der Waals surface area (Å²) in [5, 5.41) is 0. The summed E-state index contributed by atoms with van der Waals surface area (Å²) in [6.45, 7) is 13.1. The van der Waals surface area contributed by atoms with Crippen molar-refractivity contribution in [1.82, 2.24) is 0 Å². The number of hydrogen-bond donors (Lipinski definition) is 0. The smallest absolute Gasteiger partial charge is 0 e. The Morgan fingerprint density at radius 2 is 0.929 bits per heavy atom. The molecule has 0 bridgehead atoms. The van der Waals surface area contributed by atoms with Gasteiger partial charge in [0.05, 0.1) is 0 Å². The molecular formula is C12H26Pt2-2. The van der Waals surface area contributed by atoms with Crippen molar-refractivity contribution in [2.45, 2.75) is 54.4 Å². The summed E-state index contributed by atoms with van der Waals surface area (Å²) in [5.74, 6) is 1.69. The van der Waals surface area contributed by atoms with Crippen LogP contribution >= 0.6 is 0 Å². The Hall–Kier alpha value is 1.38. The maximum atomic E-state index is 2.22. The van der Waals surface area contributed by atoms with Crippen LogP contribution in [0.3, 0.4) is 0 Å². The van der Waals surface area contributed by atoms with E-state index >= 15 is 0 Å². The molecule has 0 spiro atoms. The van der Waals surface area contributed by atoms with Gasteiger partial charge in [0, 0.05) is 42.1 Å². The van der Waals surface area contributed by atoms with Crippen molar-refractivity contribution < 1.29 is 42.1 Å². The molecule has 0 aromatic rings. The van der Waals surface area contributed by atoms with Gasteiger partial charge < -0.3 is 12.8 Å². The first kappa shape index (κ1) is 24.6. The van der Waals surface area contributed by atoms with Gasteiger partial charge in [0.15, 0.2) is 0 Å². The fourth-order valence-electron chi connectivity index (χ4n) is 0.943. The molecule has 0 aliphatic heterocycles. The van der Waals surface area contributed by atoms with Crippen LogP contribution in [0, 0.1) is 24.7 Å². The van der Waals surface area contributed by atoms with Gasteiger partial charge in [0.2, 0.25) is 0 Å². The third-order valence-electron chi connectivity index (χ3n) is 1.41. The molecule has 0 nitrogen and oxygen atoms in total. The molecule has 0 fully saturated rings. The number of rotatable bonds is 4. The molecule has 0 amide bonds. The molecule has 0 heterocycles. The summed E-state index contributed by atoms with van der Waals surface area (Å²) in [7, 11) is 0. The topological polar surface area (TPSA) is 0 Å². The van der Waals surface area contributed by atoms with Gasteiger partial charge in [0.1, 0.15) is 0 Å². The Balaban J connectivity index is -0.0000000625. The van der Waals surface area contributed by atoms with E-state index in [4.69, 9.17) is 0 Å². The van der Waals surface area contributed by atoms with Crippen LogP contribution in [0.15, 0.2) is 0 Å². The first-order valence-corrected chi connectivity index (χ1v) is 5.10. The predicted molar refractivity (Wildman–Crippen MR) is 58.9 cm³/mol. The summed E-state index contributed by atoms with van der Waals surface area (Å²) in [5.41, 5.74) is 0. The fourth-order valence-corrected chi connectivity index (χ4v) is 0.943. The molecule has 0 aliphatic rings. The SMILES string of the molecule is C[CH-]CC(C)C.C[CH-]CC(C)C.[Pt].[Pt]. The van der Waals surface area contributed by atoms with Gasteiger partial charge in [-0.15, -0.1) is 0 Å². The molecular weight excluding hydrogens is 534 g/mol. The molecule has 0 N–H and O–H groups in total. The van der Waals surface area contributed by atoms with Crippen LogP contribution in [-0.4, -0.2) is 0 Å². The van der Waals surface area contributed by atoms with Gasteiger partial charge in [-0.25, -0.2) is 0 Å². The van der Waals surface area contributed by atoms with E-state index in [1.165, 1.54) is 12.8 Å². The van der Waals surface area contributed by atoms with E-state index in [0.29, 0.717) is 0 Å². The molecule has 0 aromatic heterocycles. The average molecular weight is 560 g/mol. The molecule has 96 valence electrons. The second-order valence-corrected chi connectivity index (χ2v) is 4.08. The van der Waals surface area contributed by atoms with Crippen LogP contribution in [0.1, 0.15) is 54.4 Å². The molecule has 0 saturated carbocycles. The van der Waals surface area contributed by atoms with Crippen molar-refractivity contribution >= 4 is 0 Å². The van der Waals surface area contributed by atoms with Crippen molar-refractivity contribution in [2.24, 2.45) is 11.8 Å². The molecule has 0 radical (unpaired) electrons. The molecule has 0 aromatic carbocycles. The van der Waals surface area contributed by atoms with Crippen molar-refractivity contribution in [1.29, 1.82) is 0 Å². The minimum Gasteiger partial charge on any atom is -0.331 e. The quantitative estimate of drug-likeness (QED) is 0.445. The van der Waals surface area contributed by atoms with E-state index in [-0.39, 0.29) is 42.1 Å². The first-order valence-electron chi connectivity index (χ1n) is 5.10. The average Bonchev–Trinajstić information content (AvgIpc) is 1.87. The molecule has 2 heteroatoms. The van der Waals surface area contributed by atoms with Crippen LogP contribution < -0.4 is 0 Å². The van der Waals surface area contributed by atoms with Gasteiger partial charge in [-0.3, -0.25) is 0 Å². The molecule has 0 aliphatic carbocycles. The summed E-state index contributed by atoms with van der Waals surface area (Å²) < 4.78 is 0. The van der Waals surface area contributed by atoms with E-state index in [2.05, 4.69) is 54.4 Å². The Labute approximate surface area is 121 Å². The largest absolute Gasteiger partial charge is 0.331 e. The molecule has 0 unspecified atom stereocenters.